The zero-order chi connectivity index (χ0) is 17.9. The molecule has 0 spiro atoms. The van der Waals surface area contributed by atoms with Gasteiger partial charge in [-0.2, -0.15) is 0 Å². The van der Waals surface area contributed by atoms with Crippen molar-refractivity contribution in [1.82, 2.24) is 4.90 Å². The van der Waals surface area contributed by atoms with Gasteiger partial charge in [0.05, 0.1) is 17.6 Å². The number of hydrogen-bond donors (Lipinski definition) is 0. The van der Waals surface area contributed by atoms with Crippen LogP contribution >= 0.6 is 0 Å². The summed E-state index contributed by atoms with van der Waals surface area (Å²) in [5, 5.41) is 11.0. The molecular formula is C18H20N2O4. The molecule has 0 saturated carbocycles. The summed E-state index contributed by atoms with van der Waals surface area (Å²) in [7, 11) is 3.10. The summed E-state index contributed by atoms with van der Waals surface area (Å²) >= 11 is 0. The van der Waals surface area contributed by atoms with Gasteiger partial charge in [-0.05, 0) is 31.0 Å². The lowest BCUT2D eigenvalue weighted by atomic mass is 10.0. The van der Waals surface area contributed by atoms with E-state index in [9.17, 15) is 14.9 Å². The highest BCUT2D eigenvalue weighted by atomic mass is 16.6. The van der Waals surface area contributed by atoms with Crippen molar-refractivity contribution in [3.63, 3.8) is 0 Å². The second kappa shape index (κ2) is 7.12. The first kappa shape index (κ1) is 17.5. The number of carbonyl (C=O) groups is 1. The molecule has 2 rings (SSSR count). The van der Waals surface area contributed by atoms with Crippen LogP contribution in [-0.2, 0) is 6.54 Å². The van der Waals surface area contributed by atoms with Crippen molar-refractivity contribution in [3.05, 3.63) is 68.8 Å². The molecule has 0 radical (unpaired) electrons. The van der Waals surface area contributed by atoms with Crippen LogP contribution in [0.2, 0.25) is 0 Å². The Morgan fingerprint density at radius 1 is 1.21 bits per heavy atom. The van der Waals surface area contributed by atoms with Crippen molar-refractivity contribution in [2.24, 2.45) is 0 Å². The van der Waals surface area contributed by atoms with E-state index in [0.717, 1.165) is 16.7 Å². The van der Waals surface area contributed by atoms with Gasteiger partial charge in [0.1, 0.15) is 5.75 Å². The summed E-state index contributed by atoms with van der Waals surface area (Å²) in [6.45, 7) is 4.42. The lowest BCUT2D eigenvalue weighted by molar-refractivity contribution is -0.384. The number of hydrogen-bond acceptors (Lipinski definition) is 4. The van der Waals surface area contributed by atoms with Crippen LogP contribution in [0.1, 0.15) is 27.0 Å². The van der Waals surface area contributed by atoms with Gasteiger partial charge < -0.3 is 9.64 Å². The third-order valence-corrected chi connectivity index (χ3v) is 3.88. The van der Waals surface area contributed by atoms with Crippen LogP contribution < -0.4 is 4.74 Å². The molecule has 126 valence electrons. The fourth-order valence-corrected chi connectivity index (χ4v) is 2.53. The molecule has 24 heavy (non-hydrogen) atoms. The molecule has 0 aromatic heterocycles. The SMILES string of the molecule is COc1ccc([N+](=O)[O-])cc1C(=O)N(C)Cc1ccc(C)cc1C. The number of aryl methyl sites for hydroxylation is 2. The topological polar surface area (TPSA) is 72.7 Å². The van der Waals surface area contributed by atoms with E-state index in [4.69, 9.17) is 4.74 Å². The molecule has 0 aliphatic rings. The predicted molar refractivity (Wildman–Crippen MR) is 91.4 cm³/mol. The quantitative estimate of drug-likeness (QED) is 0.622. The van der Waals surface area contributed by atoms with Crippen LogP contribution in [0, 0.1) is 24.0 Å². The number of amides is 1. The molecule has 0 N–H and O–H groups in total. The average molecular weight is 328 g/mol. The molecule has 0 bridgehead atoms. The van der Waals surface area contributed by atoms with Gasteiger partial charge in [-0.1, -0.05) is 23.8 Å². The molecule has 0 saturated heterocycles. The third-order valence-electron chi connectivity index (χ3n) is 3.88. The normalized spacial score (nSPS) is 10.3. The van der Waals surface area contributed by atoms with Crippen molar-refractivity contribution in [2.75, 3.05) is 14.2 Å². The minimum atomic E-state index is -0.527. The minimum Gasteiger partial charge on any atom is -0.496 e. The molecule has 0 aliphatic carbocycles. The number of nitro groups is 1. The summed E-state index contributed by atoms with van der Waals surface area (Å²) in [5.74, 6) is -0.00592. The Balaban J connectivity index is 2.30. The maximum absolute atomic E-state index is 12.7. The maximum atomic E-state index is 12.7. The molecule has 2 aromatic rings. The van der Waals surface area contributed by atoms with Gasteiger partial charge in [0, 0.05) is 25.7 Å². The number of nitro benzene ring substituents is 1. The zero-order valence-corrected chi connectivity index (χ0v) is 14.2. The Labute approximate surface area is 140 Å². The molecule has 0 atom stereocenters. The highest BCUT2D eigenvalue weighted by Gasteiger charge is 2.21. The number of benzene rings is 2. The van der Waals surface area contributed by atoms with Crippen LogP contribution in [0.4, 0.5) is 5.69 Å². The van der Waals surface area contributed by atoms with Gasteiger partial charge in [0.15, 0.2) is 0 Å². The van der Waals surface area contributed by atoms with Crippen molar-refractivity contribution in [3.8, 4) is 5.75 Å². The van der Waals surface area contributed by atoms with Gasteiger partial charge in [-0.3, -0.25) is 14.9 Å². The van der Waals surface area contributed by atoms with E-state index < -0.39 is 4.92 Å². The van der Waals surface area contributed by atoms with Crippen molar-refractivity contribution < 1.29 is 14.5 Å². The first-order chi connectivity index (χ1) is 11.3. The predicted octanol–water partition coefficient (Wildman–Crippen LogP) is 3.49. The highest BCUT2D eigenvalue weighted by Crippen LogP contribution is 2.25. The van der Waals surface area contributed by atoms with Crippen molar-refractivity contribution in [1.29, 1.82) is 0 Å². The molecule has 1 amide bonds. The minimum absolute atomic E-state index is 0.140. The number of ether oxygens (including phenoxy) is 1. The molecular weight excluding hydrogens is 308 g/mol. The first-order valence-electron chi connectivity index (χ1n) is 7.47. The Bertz CT molecular complexity index is 787. The summed E-state index contributed by atoms with van der Waals surface area (Å²) < 4.78 is 5.17. The summed E-state index contributed by atoms with van der Waals surface area (Å²) in [5.41, 5.74) is 3.32. The lowest BCUT2D eigenvalue weighted by Crippen LogP contribution is -2.27. The van der Waals surface area contributed by atoms with E-state index in [0.29, 0.717) is 12.3 Å². The van der Waals surface area contributed by atoms with E-state index in [1.807, 2.05) is 26.0 Å². The Morgan fingerprint density at radius 2 is 1.92 bits per heavy atom. The Hall–Kier alpha value is -2.89. The number of nitrogens with zero attached hydrogens (tertiary/aromatic N) is 2. The standard InChI is InChI=1S/C18H20N2O4/c1-12-5-6-14(13(2)9-12)11-19(3)18(21)16-10-15(20(22)23)7-8-17(16)24-4/h5-10H,11H2,1-4H3. The zero-order valence-electron chi connectivity index (χ0n) is 14.2. The Morgan fingerprint density at radius 3 is 2.50 bits per heavy atom. The Kier molecular flexibility index (Phi) is 5.18. The van der Waals surface area contributed by atoms with Crippen LogP contribution in [0.25, 0.3) is 0 Å². The van der Waals surface area contributed by atoms with Gasteiger partial charge in [-0.25, -0.2) is 0 Å². The van der Waals surface area contributed by atoms with Crippen LogP contribution in [0.3, 0.4) is 0 Å². The summed E-state index contributed by atoms with van der Waals surface area (Å²) in [4.78, 5) is 24.7. The van der Waals surface area contributed by atoms with Crippen molar-refractivity contribution in [2.45, 2.75) is 20.4 Å². The molecule has 0 unspecified atom stereocenters. The van der Waals surface area contributed by atoms with E-state index in [2.05, 4.69) is 6.07 Å². The van der Waals surface area contributed by atoms with Crippen LogP contribution in [-0.4, -0.2) is 29.9 Å². The monoisotopic (exact) mass is 328 g/mol. The molecule has 6 heteroatoms. The second-order valence-corrected chi connectivity index (χ2v) is 5.73. The fourth-order valence-electron chi connectivity index (χ4n) is 2.53. The maximum Gasteiger partial charge on any atom is 0.270 e. The second-order valence-electron chi connectivity index (χ2n) is 5.73. The van der Waals surface area contributed by atoms with Gasteiger partial charge in [0.2, 0.25) is 0 Å². The van der Waals surface area contributed by atoms with E-state index in [-0.39, 0.29) is 17.2 Å². The highest BCUT2D eigenvalue weighted by molar-refractivity contribution is 5.97. The molecule has 6 nitrogen and oxygen atoms in total. The summed E-state index contributed by atoms with van der Waals surface area (Å²) in [6, 6.07) is 10.0. The number of carbonyl (C=O) groups excluding carboxylic acids is 1. The van der Waals surface area contributed by atoms with Crippen LogP contribution in [0.15, 0.2) is 36.4 Å². The lowest BCUT2D eigenvalue weighted by Gasteiger charge is -2.20. The van der Waals surface area contributed by atoms with E-state index >= 15 is 0 Å². The number of rotatable bonds is 5. The van der Waals surface area contributed by atoms with E-state index in [1.54, 1.807) is 7.05 Å². The fraction of sp³-hybridized carbons (Fsp3) is 0.278. The smallest absolute Gasteiger partial charge is 0.270 e. The number of methoxy groups -OCH3 is 1. The molecule has 0 aliphatic heterocycles. The summed E-state index contributed by atoms with van der Waals surface area (Å²) in [6.07, 6.45) is 0. The van der Waals surface area contributed by atoms with Gasteiger partial charge in [0.25, 0.3) is 11.6 Å². The molecule has 2 aromatic carbocycles. The van der Waals surface area contributed by atoms with Crippen LogP contribution in [0.5, 0.6) is 5.75 Å². The third kappa shape index (κ3) is 3.71. The average Bonchev–Trinajstić information content (AvgIpc) is 2.55. The van der Waals surface area contributed by atoms with Crippen molar-refractivity contribution >= 4 is 11.6 Å². The van der Waals surface area contributed by atoms with Gasteiger partial charge >= 0.3 is 0 Å². The molecule has 0 heterocycles. The van der Waals surface area contributed by atoms with E-state index in [1.165, 1.54) is 30.2 Å². The van der Waals surface area contributed by atoms with Gasteiger partial charge in [-0.15, -0.1) is 0 Å². The largest absolute Gasteiger partial charge is 0.496 e. The number of non-ortho nitro benzene ring substituents is 1. The molecule has 0 fully saturated rings. The first-order valence-corrected chi connectivity index (χ1v) is 7.47.